The highest BCUT2D eigenvalue weighted by atomic mass is 79.9. The number of nitrogens with zero attached hydrogens (tertiary/aromatic N) is 1. The number of aliphatic carboxylic acids is 1. The largest absolute Gasteiger partial charge is 0.503 e. The molecule has 0 fully saturated rings. The quantitative estimate of drug-likeness (QED) is 0.559. The number of carboxylic acid groups (broad SMARTS) is 1. The van der Waals surface area contributed by atoms with Crippen molar-refractivity contribution in [2.24, 2.45) is 0 Å². The van der Waals surface area contributed by atoms with Crippen molar-refractivity contribution < 1.29 is 19.7 Å². The number of methoxy groups -OCH3 is 1. The van der Waals surface area contributed by atoms with Crippen molar-refractivity contribution in [1.82, 2.24) is 4.98 Å². The van der Waals surface area contributed by atoms with Gasteiger partial charge in [-0.25, -0.2) is 4.98 Å². The van der Waals surface area contributed by atoms with Gasteiger partial charge in [0, 0.05) is 6.42 Å². The third-order valence-corrected chi connectivity index (χ3v) is 5.50. The second-order valence-electron chi connectivity index (χ2n) is 5.60. The number of hydrogen-bond acceptors (Lipinski definition) is 5. The van der Waals surface area contributed by atoms with Crippen LogP contribution >= 0.6 is 27.3 Å². The van der Waals surface area contributed by atoms with E-state index in [-0.39, 0.29) is 12.2 Å². The van der Waals surface area contributed by atoms with E-state index in [0.717, 1.165) is 26.4 Å². The minimum absolute atomic E-state index is 0.0121. The van der Waals surface area contributed by atoms with Gasteiger partial charge in [-0.2, -0.15) is 0 Å². The number of rotatable bonds is 6. The van der Waals surface area contributed by atoms with Crippen LogP contribution in [0.3, 0.4) is 0 Å². The third-order valence-electron chi connectivity index (χ3n) is 3.79. The van der Waals surface area contributed by atoms with Crippen LogP contribution in [-0.2, 0) is 4.79 Å². The Morgan fingerprint density at radius 1 is 1.31 bits per heavy atom. The number of phenols is 1. The van der Waals surface area contributed by atoms with Gasteiger partial charge >= 0.3 is 5.97 Å². The molecule has 0 radical (unpaired) electrons. The Hall–Kier alpha value is -2.38. The molecule has 0 atom stereocenters. The number of thiazole rings is 1. The number of fused-ring (bicyclic) bond motifs is 1. The monoisotopic (exact) mass is 433 g/mol. The first-order valence-corrected chi connectivity index (χ1v) is 9.43. The predicted octanol–water partition coefficient (Wildman–Crippen LogP) is 5.18. The van der Waals surface area contributed by atoms with Crippen LogP contribution < -0.4 is 4.74 Å². The minimum atomic E-state index is -0.860. The highest BCUT2D eigenvalue weighted by molar-refractivity contribution is 9.10. The van der Waals surface area contributed by atoms with Crippen molar-refractivity contribution in [1.29, 1.82) is 0 Å². The summed E-state index contributed by atoms with van der Waals surface area (Å²) >= 11 is 4.84. The number of allylic oxidation sites excluding steroid dienone is 1. The molecule has 2 N–H and O–H groups in total. The number of carboxylic acids is 1. The molecule has 1 heterocycles. The Bertz CT molecular complexity index is 963. The molecule has 0 aliphatic heterocycles. The molecule has 134 valence electrons. The maximum atomic E-state index is 11.1. The fourth-order valence-corrected chi connectivity index (χ4v) is 3.99. The van der Waals surface area contributed by atoms with E-state index in [9.17, 15) is 9.90 Å². The number of aromatic nitrogens is 1. The molecule has 2 aromatic carbocycles. The summed E-state index contributed by atoms with van der Waals surface area (Å²) in [6.07, 6.45) is 2.25. The number of carbonyl (C=O) groups is 1. The number of ether oxygens (including phenoxy) is 1. The van der Waals surface area contributed by atoms with Gasteiger partial charge in [0.25, 0.3) is 0 Å². The van der Waals surface area contributed by atoms with Gasteiger partial charge in [-0.15, -0.1) is 11.3 Å². The normalized spacial score (nSPS) is 11.7. The summed E-state index contributed by atoms with van der Waals surface area (Å²) in [6.45, 7) is 0. The zero-order valence-electron chi connectivity index (χ0n) is 13.9. The van der Waals surface area contributed by atoms with E-state index in [1.165, 1.54) is 18.4 Å². The average Bonchev–Trinajstić information content (AvgIpc) is 3.05. The number of benzene rings is 2. The van der Waals surface area contributed by atoms with Crippen LogP contribution in [0.25, 0.3) is 21.9 Å². The number of halogens is 1. The van der Waals surface area contributed by atoms with Gasteiger partial charge in [-0.3, -0.25) is 4.79 Å². The van der Waals surface area contributed by atoms with Crippen LogP contribution in [0.1, 0.15) is 23.4 Å². The second kappa shape index (κ2) is 7.88. The standard InChI is InChI=1S/C19H16BrNO4S/c1-25-15-10-11(9-13(20)18(15)24)8-12(6-7-17(22)23)19-21-14-4-2-3-5-16(14)26-19/h2-5,8-10,24H,6-7H2,1H3,(H,22,23)/b12-8-. The first-order chi connectivity index (χ1) is 12.5. The van der Waals surface area contributed by atoms with E-state index in [2.05, 4.69) is 20.9 Å². The van der Waals surface area contributed by atoms with Crippen molar-refractivity contribution in [2.75, 3.05) is 7.11 Å². The smallest absolute Gasteiger partial charge is 0.303 e. The first kappa shape index (κ1) is 18.4. The summed E-state index contributed by atoms with van der Waals surface area (Å²) in [5.74, 6) is -0.495. The summed E-state index contributed by atoms with van der Waals surface area (Å²) in [7, 11) is 1.48. The Morgan fingerprint density at radius 2 is 2.08 bits per heavy atom. The zero-order chi connectivity index (χ0) is 18.7. The summed E-state index contributed by atoms with van der Waals surface area (Å²) in [5.41, 5.74) is 2.50. The van der Waals surface area contributed by atoms with Crippen LogP contribution in [0.4, 0.5) is 0 Å². The molecule has 0 unspecified atom stereocenters. The molecule has 1 aromatic heterocycles. The molecule has 7 heteroatoms. The molecule has 0 spiro atoms. The number of para-hydroxylation sites is 1. The fraction of sp³-hybridized carbons (Fsp3) is 0.158. The van der Waals surface area contributed by atoms with E-state index < -0.39 is 5.97 Å². The van der Waals surface area contributed by atoms with E-state index in [4.69, 9.17) is 9.84 Å². The lowest BCUT2D eigenvalue weighted by Crippen LogP contribution is -1.95. The van der Waals surface area contributed by atoms with Gasteiger partial charge in [0.15, 0.2) is 11.5 Å². The number of aromatic hydroxyl groups is 1. The lowest BCUT2D eigenvalue weighted by molar-refractivity contribution is -0.136. The number of hydrogen-bond donors (Lipinski definition) is 2. The summed E-state index contributed by atoms with van der Waals surface area (Å²) in [4.78, 5) is 15.7. The average molecular weight is 434 g/mol. The molecule has 0 aliphatic rings. The topological polar surface area (TPSA) is 79.7 Å². The molecule has 0 saturated heterocycles. The Kier molecular flexibility index (Phi) is 5.58. The SMILES string of the molecule is COc1cc(/C=C(/CCC(=O)O)c2nc3ccccc3s2)cc(Br)c1O. The molecule has 0 saturated carbocycles. The highest BCUT2D eigenvalue weighted by Gasteiger charge is 2.13. The molecular weight excluding hydrogens is 418 g/mol. The lowest BCUT2D eigenvalue weighted by atomic mass is 10.1. The molecule has 26 heavy (non-hydrogen) atoms. The molecule has 0 amide bonds. The van der Waals surface area contributed by atoms with Crippen molar-refractivity contribution in [3.63, 3.8) is 0 Å². The van der Waals surface area contributed by atoms with E-state index in [1.807, 2.05) is 30.3 Å². The summed E-state index contributed by atoms with van der Waals surface area (Å²) < 4.78 is 6.74. The zero-order valence-corrected chi connectivity index (χ0v) is 16.3. The van der Waals surface area contributed by atoms with Gasteiger partial charge < -0.3 is 14.9 Å². The third kappa shape index (κ3) is 4.05. The van der Waals surface area contributed by atoms with Crippen LogP contribution in [0, 0.1) is 0 Å². The van der Waals surface area contributed by atoms with Crippen molar-refractivity contribution in [3.05, 3.63) is 51.4 Å². The molecule has 0 aliphatic carbocycles. The van der Waals surface area contributed by atoms with Gasteiger partial charge in [0.05, 0.1) is 21.8 Å². The predicted molar refractivity (Wildman–Crippen MR) is 107 cm³/mol. The van der Waals surface area contributed by atoms with E-state index in [0.29, 0.717) is 16.6 Å². The van der Waals surface area contributed by atoms with E-state index >= 15 is 0 Å². The van der Waals surface area contributed by atoms with Crippen LogP contribution in [0.2, 0.25) is 0 Å². The maximum Gasteiger partial charge on any atom is 0.303 e. The van der Waals surface area contributed by atoms with E-state index in [1.54, 1.807) is 12.1 Å². The Balaban J connectivity index is 2.07. The molecule has 3 rings (SSSR count). The summed E-state index contributed by atoms with van der Waals surface area (Å²) in [6, 6.07) is 11.3. The van der Waals surface area contributed by atoms with Gasteiger partial charge in [-0.1, -0.05) is 12.1 Å². The minimum Gasteiger partial charge on any atom is -0.503 e. The fourth-order valence-electron chi connectivity index (χ4n) is 2.53. The maximum absolute atomic E-state index is 11.1. The lowest BCUT2D eigenvalue weighted by Gasteiger charge is -2.08. The van der Waals surface area contributed by atoms with Gasteiger partial charge in [0.1, 0.15) is 5.01 Å². The molecule has 0 bridgehead atoms. The van der Waals surface area contributed by atoms with Crippen molar-refractivity contribution >= 4 is 55.1 Å². The first-order valence-electron chi connectivity index (χ1n) is 7.82. The molecule has 3 aromatic rings. The highest BCUT2D eigenvalue weighted by Crippen LogP contribution is 2.37. The van der Waals surface area contributed by atoms with Crippen molar-refractivity contribution in [2.45, 2.75) is 12.8 Å². The Labute approximate surface area is 162 Å². The number of phenolic OH excluding ortho intramolecular Hbond substituents is 1. The van der Waals surface area contributed by atoms with Crippen LogP contribution in [0.5, 0.6) is 11.5 Å². The molecular formula is C19H16BrNO4S. The Morgan fingerprint density at radius 3 is 2.77 bits per heavy atom. The van der Waals surface area contributed by atoms with Gasteiger partial charge in [-0.05, 0) is 63.8 Å². The summed E-state index contributed by atoms with van der Waals surface area (Å²) in [5, 5.41) is 19.8. The molecule has 5 nitrogen and oxygen atoms in total. The van der Waals surface area contributed by atoms with Crippen molar-refractivity contribution in [3.8, 4) is 11.5 Å². The van der Waals surface area contributed by atoms with Crippen LogP contribution in [0.15, 0.2) is 40.9 Å². The van der Waals surface area contributed by atoms with Crippen LogP contribution in [-0.4, -0.2) is 28.3 Å². The van der Waals surface area contributed by atoms with Gasteiger partial charge in [0.2, 0.25) is 0 Å². The second-order valence-corrected chi connectivity index (χ2v) is 7.49.